The molecule has 1 aliphatic rings. The van der Waals surface area contributed by atoms with Crippen molar-refractivity contribution in [2.45, 2.75) is 12.5 Å². The van der Waals surface area contributed by atoms with E-state index in [0.717, 1.165) is 27.0 Å². The van der Waals surface area contributed by atoms with Gasteiger partial charge in [-0.3, -0.25) is 9.36 Å². The molecule has 2 heterocycles. The number of aromatic nitrogens is 3. The van der Waals surface area contributed by atoms with Crippen LogP contribution < -0.4 is 21.3 Å². The second-order valence-corrected chi connectivity index (χ2v) is 4.99. The zero-order valence-corrected chi connectivity index (χ0v) is 11.9. The third-order valence-corrected chi connectivity index (χ3v) is 3.59. The molecule has 7 heteroatoms. The van der Waals surface area contributed by atoms with E-state index in [1.807, 2.05) is 24.3 Å². The van der Waals surface area contributed by atoms with Gasteiger partial charge in [-0.05, 0) is 6.07 Å². The van der Waals surface area contributed by atoms with Crippen molar-refractivity contribution in [2.75, 3.05) is 11.9 Å². The summed E-state index contributed by atoms with van der Waals surface area (Å²) in [6, 6.07) is 7.63. The summed E-state index contributed by atoms with van der Waals surface area (Å²) in [7, 11) is 2.96. The molecular weight excluding hydrogens is 272 g/mol. The Morgan fingerprint density at radius 1 is 1.29 bits per heavy atom. The van der Waals surface area contributed by atoms with E-state index in [4.69, 9.17) is 4.74 Å². The number of fused-ring (bicyclic) bond motifs is 1. The van der Waals surface area contributed by atoms with Crippen LogP contribution in [0.25, 0.3) is 0 Å². The van der Waals surface area contributed by atoms with Crippen molar-refractivity contribution in [1.29, 1.82) is 0 Å². The Labute approximate surface area is 120 Å². The maximum Gasteiger partial charge on any atom is 0.346 e. The van der Waals surface area contributed by atoms with E-state index in [1.54, 1.807) is 0 Å². The largest absolute Gasteiger partial charge is 0.493 e. The van der Waals surface area contributed by atoms with Gasteiger partial charge < -0.3 is 10.1 Å². The number of benzene rings is 1. The van der Waals surface area contributed by atoms with E-state index >= 15 is 0 Å². The quantitative estimate of drug-likeness (QED) is 0.866. The van der Waals surface area contributed by atoms with E-state index in [0.29, 0.717) is 6.61 Å². The molecule has 1 N–H and O–H groups in total. The van der Waals surface area contributed by atoms with Crippen LogP contribution in [0.1, 0.15) is 18.0 Å². The predicted molar refractivity (Wildman–Crippen MR) is 77.6 cm³/mol. The minimum Gasteiger partial charge on any atom is -0.493 e. The molecular formula is C14H16N4O3. The third kappa shape index (κ3) is 2.31. The van der Waals surface area contributed by atoms with Gasteiger partial charge in [-0.25, -0.2) is 9.48 Å². The van der Waals surface area contributed by atoms with E-state index in [2.05, 4.69) is 10.4 Å². The molecule has 1 atom stereocenters. The number of hydrogen-bond donors (Lipinski definition) is 1. The molecule has 7 nitrogen and oxygen atoms in total. The van der Waals surface area contributed by atoms with Gasteiger partial charge in [0.25, 0.3) is 5.56 Å². The van der Waals surface area contributed by atoms with Crippen LogP contribution in [0.2, 0.25) is 0 Å². The van der Waals surface area contributed by atoms with Gasteiger partial charge in [0.05, 0.1) is 12.6 Å². The van der Waals surface area contributed by atoms with Gasteiger partial charge in [-0.1, -0.05) is 18.2 Å². The number of para-hydroxylation sites is 1. The SMILES string of the molecule is Cn1nc(NC2CCOc3ccccc32)c(=O)n(C)c1=O. The topological polar surface area (TPSA) is 78.2 Å². The molecule has 110 valence electrons. The Morgan fingerprint density at radius 2 is 2.05 bits per heavy atom. The summed E-state index contributed by atoms with van der Waals surface area (Å²) in [6.07, 6.45) is 0.727. The molecule has 0 bridgehead atoms. The van der Waals surface area contributed by atoms with Crippen LogP contribution in [0.5, 0.6) is 5.75 Å². The summed E-state index contributed by atoms with van der Waals surface area (Å²) in [5.41, 5.74) is 0.112. The van der Waals surface area contributed by atoms with Crippen molar-refractivity contribution in [1.82, 2.24) is 14.3 Å². The van der Waals surface area contributed by atoms with Gasteiger partial charge in [-0.15, -0.1) is 5.10 Å². The average molecular weight is 288 g/mol. The lowest BCUT2D eigenvalue weighted by Crippen LogP contribution is -2.40. The lowest BCUT2D eigenvalue weighted by Gasteiger charge is -2.26. The zero-order valence-electron chi connectivity index (χ0n) is 11.9. The van der Waals surface area contributed by atoms with Gasteiger partial charge in [0, 0.05) is 26.1 Å². The Kier molecular flexibility index (Phi) is 3.25. The fourth-order valence-corrected chi connectivity index (χ4v) is 2.45. The fourth-order valence-electron chi connectivity index (χ4n) is 2.45. The predicted octanol–water partition coefficient (Wildman–Crippen LogP) is 0.415. The summed E-state index contributed by atoms with van der Waals surface area (Å²) in [5.74, 6) is 0.976. The minimum absolute atomic E-state index is 0.0624. The maximum atomic E-state index is 12.1. The molecule has 1 aromatic heterocycles. The highest BCUT2D eigenvalue weighted by atomic mass is 16.5. The molecule has 0 radical (unpaired) electrons. The number of hydrogen-bond acceptors (Lipinski definition) is 5. The standard InChI is InChI=1S/C14H16N4O3/c1-17-13(19)12(16-18(2)14(17)20)15-10-7-8-21-11-6-4-3-5-9(10)11/h3-6,10H,7-8H2,1-2H3,(H,15,16). The molecule has 0 fully saturated rings. The normalized spacial score (nSPS) is 17.0. The van der Waals surface area contributed by atoms with Crippen molar-refractivity contribution in [3.05, 3.63) is 50.7 Å². The Bertz CT molecular complexity index is 794. The van der Waals surface area contributed by atoms with Crippen LogP contribution in [0.15, 0.2) is 33.9 Å². The van der Waals surface area contributed by atoms with Crippen LogP contribution in [0, 0.1) is 0 Å². The van der Waals surface area contributed by atoms with E-state index < -0.39 is 11.2 Å². The van der Waals surface area contributed by atoms with Gasteiger partial charge in [-0.2, -0.15) is 0 Å². The molecule has 1 aromatic carbocycles. The van der Waals surface area contributed by atoms with Crippen molar-refractivity contribution in [3.8, 4) is 5.75 Å². The average Bonchev–Trinajstić information content (AvgIpc) is 2.51. The van der Waals surface area contributed by atoms with E-state index in [9.17, 15) is 9.59 Å². The molecule has 0 aliphatic carbocycles. The Hall–Kier alpha value is -2.57. The lowest BCUT2D eigenvalue weighted by atomic mass is 10.0. The molecule has 0 spiro atoms. The molecule has 0 saturated heterocycles. The van der Waals surface area contributed by atoms with Crippen molar-refractivity contribution >= 4 is 5.82 Å². The van der Waals surface area contributed by atoms with Crippen LogP contribution in [-0.4, -0.2) is 21.0 Å². The van der Waals surface area contributed by atoms with Gasteiger partial charge in [0.15, 0.2) is 0 Å². The summed E-state index contributed by atoms with van der Waals surface area (Å²) >= 11 is 0. The highest BCUT2D eigenvalue weighted by Gasteiger charge is 2.22. The second-order valence-electron chi connectivity index (χ2n) is 4.99. The van der Waals surface area contributed by atoms with E-state index in [-0.39, 0.29) is 11.9 Å². The number of nitrogens with zero attached hydrogens (tertiary/aromatic N) is 3. The van der Waals surface area contributed by atoms with Crippen molar-refractivity contribution in [2.24, 2.45) is 14.1 Å². The van der Waals surface area contributed by atoms with Crippen molar-refractivity contribution in [3.63, 3.8) is 0 Å². The van der Waals surface area contributed by atoms with Gasteiger partial charge in [0.1, 0.15) is 5.75 Å². The van der Waals surface area contributed by atoms with Crippen LogP contribution in [-0.2, 0) is 14.1 Å². The first-order valence-corrected chi connectivity index (χ1v) is 6.70. The summed E-state index contributed by atoms with van der Waals surface area (Å²) in [4.78, 5) is 23.8. The molecule has 1 unspecified atom stereocenters. The molecule has 21 heavy (non-hydrogen) atoms. The maximum absolute atomic E-state index is 12.1. The third-order valence-electron chi connectivity index (χ3n) is 3.59. The number of ether oxygens (including phenoxy) is 1. The van der Waals surface area contributed by atoms with Crippen molar-refractivity contribution < 1.29 is 4.74 Å². The van der Waals surface area contributed by atoms with Gasteiger partial charge >= 0.3 is 5.69 Å². The second kappa shape index (κ2) is 5.08. The van der Waals surface area contributed by atoms with Crippen LogP contribution >= 0.6 is 0 Å². The number of rotatable bonds is 2. The zero-order chi connectivity index (χ0) is 15.0. The van der Waals surface area contributed by atoms with E-state index in [1.165, 1.54) is 14.1 Å². The first-order valence-electron chi connectivity index (χ1n) is 6.70. The summed E-state index contributed by atoms with van der Waals surface area (Å²) < 4.78 is 7.78. The molecule has 0 amide bonds. The highest BCUT2D eigenvalue weighted by Crippen LogP contribution is 2.32. The first-order chi connectivity index (χ1) is 10.1. The molecule has 2 aromatic rings. The molecule has 3 rings (SSSR count). The van der Waals surface area contributed by atoms with Gasteiger partial charge in [0.2, 0.25) is 5.82 Å². The van der Waals surface area contributed by atoms with Crippen LogP contribution in [0.4, 0.5) is 5.82 Å². The fraction of sp³-hybridized carbons (Fsp3) is 0.357. The lowest BCUT2D eigenvalue weighted by molar-refractivity contribution is 0.274. The Balaban J connectivity index is 1.99. The van der Waals surface area contributed by atoms with Crippen LogP contribution in [0.3, 0.4) is 0 Å². The molecule has 0 saturated carbocycles. The monoisotopic (exact) mass is 288 g/mol. The summed E-state index contributed by atoms with van der Waals surface area (Å²) in [5, 5.41) is 7.15. The summed E-state index contributed by atoms with van der Waals surface area (Å²) in [6.45, 7) is 0.570. The first kappa shape index (κ1) is 13.4. The number of anilines is 1. The molecule has 1 aliphatic heterocycles. The Morgan fingerprint density at radius 3 is 2.86 bits per heavy atom. The minimum atomic E-state index is -0.446. The highest BCUT2D eigenvalue weighted by molar-refractivity contribution is 5.43. The smallest absolute Gasteiger partial charge is 0.346 e. The number of aryl methyl sites for hydroxylation is 1. The number of nitrogens with one attached hydrogen (secondary N) is 1.